The van der Waals surface area contributed by atoms with Gasteiger partial charge in [-0.3, -0.25) is 0 Å². The first-order chi connectivity index (χ1) is 6.06. The highest BCUT2D eigenvalue weighted by Crippen LogP contribution is 2.30. The van der Waals surface area contributed by atoms with E-state index >= 15 is 0 Å². The van der Waals surface area contributed by atoms with Gasteiger partial charge in [-0.15, -0.1) is 0 Å². The molecule has 0 atom stereocenters. The van der Waals surface area contributed by atoms with Crippen molar-refractivity contribution in [3.8, 4) is 11.8 Å². The molecule has 0 fully saturated rings. The monoisotopic (exact) mass is 184 g/mol. The summed E-state index contributed by atoms with van der Waals surface area (Å²) in [5.74, 6) is -0.733. The summed E-state index contributed by atoms with van der Waals surface area (Å²) in [6.45, 7) is 1.48. The lowest BCUT2D eigenvalue weighted by Gasteiger charge is -2.04. The second-order valence-electron chi connectivity index (χ2n) is 2.46. The van der Waals surface area contributed by atoms with Crippen LogP contribution in [0.5, 0.6) is 5.75 Å². The van der Waals surface area contributed by atoms with Crippen molar-refractivity contribution in [3.05, 3.63) is 23.0 Å². The molecule has 5 heteroatoms. The molecule has 0 bridgehead atoms. The van der Waals surface area contributed by atoms with E-state index in [1.54, 1.807) is 0 Å². The number of nitrogens with zero attached hydrogens (tertiary/aromatic N) is 2. The summed E-state index contributed by atoms with van der Waals surface area (Å²) < 4.78 is 24.5. The first kappa shape index (κ1) is 9.39. The molecule has 0 saturated carbocycles. The van der Waals surface area contributed by atoms with Crippen LogP contribution in [0.2, 0.25) is 0 Å². The van der Waals surface area contributed by atoms with Crippen molar-refractivity contribution in [1.82, 2.24) is 4.98 Å². The molecule has 1 aromatic heterocycles. The van der Waals surface area contributed by atoms with E-state index in [9.17, 15) is 8.78 Å². The zero-order valence-corrected chi connectivity index (χ0v) is 6.75. The number of aryl methyl sites for hydroxylation is 1. The number of aromatic nitrogens is 1. The number of halogens is 2. The standard InChI is InChI=1S/C8H6F2N2O/c1-4-2-5(8(9)10)7(13)6(3-11)12-4/h2,8,13H,1H3. The van der Waals surface area contributed by atoms with Crippen LogP contribution in [0.4, 0.5) is 8.78 Å². The Morgan fingerprint density at radius 3 is 2.69 bits per heavy atom. The summed E-state index contributed by atoms with van der Waals surface area (Å²) >= 11 is 0. The minimum Gasteiger partial charge on any atom is -0.505 e. The smallest absolute Gasteiger partial charge is 0.267 e. The Balaban J connectivity index is 3.38. The van der Waals surface area contributed by atoms with Gasteiger partial charge in [0.05, 0.1) is 5.56 Å². The predicted molar refractivity (Wildman–Crippen MR) is 40.3 cm³/mol. The zero-order chi connectivity index (χ0) is 10.0. The topological polar surface area (TPSA) is 56.9 Å². The van der Waals surface area contributed by atoms with E-state index in [0.29, 0.717) is 0 Å². The van der Waals surface area contributed by atoms with Crippen molar-refractivity contribution >= 4 is 0 Å². The molecule has 0 aliphatic heterocycles. The molecule has 3 nitrogen and oxygen atoms in total. The van der Waals surface area contributed by atoms with Gasteiger partial charge in [0.25, 0.3) is 6.43 Å². The molecular formula is C8H6F2N2O. The van der Waals surface area contributed by atoms with E-state index in [4.69, 9.17) is 10.4 Å². The minimum absolute atomic E-state index is 0.282. The summed E-state index contributed by atoms with van der Waals surface area (Å²) in [5.41, 5.74) is -0.635. The number of hydrogen-bond acceptors (Lipinski definition) is 3. The van der Waals surface area contributed by atoms with Crippen LogP contribution in [0.15, 0.2) is 6.07 Å². The normalized spacial score (nSPS) is 10.1. The fraction of sp³-hybridized carbons (Fsp3) is 0.250. The van der Waals surface area contributed by atoms with E-state index in [1.807, 2.05) is 0 Å². The maximum absolute atomic E-state index is 12.2. The summed E-state index contributed by atoms with van der Waals surface area (Å²) in [5, 5.41) is 17.6. The van der Waals surface area contributed by atoms with Crippen LogP contribution in [0, 0.1) is 18.3 Å². The molecule has 68 valence electrons. The molecule has 0 aliphatic rings. The molecule has 0 unspecified atom stereocenters. The average molecular weight is 184 g/mol. The first-order valence-corrected chi connectivity index (χ1v) is 3.45. The first-order valence-electron chi connectivity index (χ1n) is 3.45. The molecule has 0 amide bonds. The number of alkyl halides is 2. The largest absolute Gasteiger partial charge is 0.505 e. The molecule has 1 heterocycles. The maximum atomic E-state index is 12.2. The molecule has 1 aromatic rings. The molecular weight excluding hydrogens is 178 g/mol. The molecule has 0 aliphatic carbocycles. The number of aromatic hydroxyl groups is 1. The predicted octanol–water partition coefficient (Wildman–Crippen LogP) is 1.90. The summed E-state index contributed by atoms with van der Waals surface area (Å²) in [6, 6.07) is 2.59. The van der Waals surface area contributed by atoms with Gasteiger partial charge in [-0.05, 0) is 13.0 Å². The van der Waals surface area contributed by atoms with Gasteiger partial charge in [0.15, 0.2) is 11.4 Å². The third-order valence-electron chi connectivity index (χ3n) is 1.49. The van der Waals surface area contributed by atoms with Crippen molar-refractivity contribution in [2.75, 3.05) is 0 Å². The van der Waals surface area contributed by atoms with Crippen molar-refractivity contribution < 1.29 is 13.9 Å². The molecule has 1 rings (SSSR count). The second-order valence-corrected chi connectivity index (χ2v) is 2.46. The Morgan fingerprint density at radius 2 is 2.23 bits per heavy atom. The Morgan fingerprint density at radius 1 is 1.62 bits per heavy atom. The van der Waals surface area contributed by atoms with Crippen LogP contribution >= 0.6 is 0 Å². The quantitative estimate of drug-likeness (QED) is 0.725. The van der Waals surface area contributed by atoms with Crippen LogP contribution < -0.4 is 0 Å². The number of hydrogen-bond donors (Lipinski definition) is 1. The van der Waals surface area contributed by atoms with Crippen molar-refractivity contribution in [2.24, 2.45) is 0 Å². The average Bonchev–Trinajstić information content (AvgIpc) is 2.08. The Hall–Kier alpha value is -1.70. The highest BCUT2D eigenvalue weighted by Gasteiger charge is 2.17. The zero-order valence-electron chi connectivity index (χ0n) is 6.75. The van der Waals surface area contributed by atoms with Gasteiger partial charge in [0.1, 0.15) is 6.07 Å². The molecule has 13 heavy (non-hydrogen) atoms. The van der Waals surface area contributed by atoms with Crippen LogP contribution in [-0.2, 0) is 0 Å². The molecule has 0 radical (unpaired) electrons. The lowest BCUT2D eigenvalue weighted by molar-refractivity contribution is 0.147. The van der Waals surface area contributed by atoms with Crippen molar-refractivity contribution in [1.29, 1.82) is 5.26 Å². The highest BCUT2D eigenvalue weighted by molar-refractivity contribution is 5.44. The number of pyridine rings is 1. The lowest BCUT2D eigenvalue weighted by Crippen LogP contribution is -1.94. The molecule has 1 N–H and O–H groups in total. The van der Waals surface area contributed by atoms with Gasteiger partial charge < -0.3 is 5.11 Å². The number of rotatable bonds is 1. The Kier molecular flexibility index (Phi) is 2.42. The third kappa shape index (κ3) is 1.72. The molecule has 0 spiro atoms. The van der Waals surface area contributed by atoms with E-state index < -0.39 is 17.7 Å². The van der Waals surface area contributed by atoms with Crippen LogP contribution in [-0.4, -0.2) is 10.1 Å². The van der Waals surface area contributed by atoms with E-state index in [1.165, 1.54) is 13.0 Å². The lowest BCUT2D eigenvalue weighted by atomic mass is 10.2. The van der Waals surface area contributed by atoms with E-state index in [2.05, 4.69) is 4.98 Å². The molecule has 0 aromatic carbocycles. The SMILES string of the molecule is Cc1cc(C(F)F)c(O)c(C#N)n1. The van der Waals surface area contributed by atoms with Crippen LogP contribution in [0.25, 0.3) is 0 Å². The minimum atomic E-state index is -2.80. The molecule has 0 saturated heterocycles. The van der Waals surface area contributed by atoms with Gasteiger partial charge in [-0.1, -0.05) is 0 Å². The van der Waals surface area contributed by atoms with E-state index in [0.717, 1.165) is 6.07 Å². The Bertz CT molecular complexity index is 371. The van der Waals surface area contributed by atoms with Gasteiger partial charge in [-0.25, -0.2) is 13.8 Å². The fourth-order valence-corrected chi connectivity index (χ4v) is 0.936. The summed E-state index contributed by atoms with van der Waals surface area (Å²) in [6.07, 6.45) is -2.80. The maximum Gasteiger partial charge on any atom is 0.267 e. The summed E-state index contributed by atoms with van der Waals surface area (Å²) in [7, 11) is 0. The number of nitriles is 1. The van der Waals surface area contributed by atoms with Gasteiger partial charge in [0.2, 0.25) is 0 Å². The fourth-order valence-electron chi connectivity index (χ4n) is 0.936. The van der Waals surface area contributed by atoms with Crippen LogP contribution in [0.1, 0.15) is 23.4 Å². The Labute approximate surface area is 73.3 Å². The van der Waals surface area contributed by atoms with Crippen LogP contribution in [0.3, 0.4) is 0 Å². The third-order valence-corrected chi connectivity index (χ3v) is 1.49. The van der Waals surface area contributed by atoms with E-state index in [-0.39, 0.29) is 11.4 Å². The van der Waals surface area contributed by atoms with Gasteiger partial charge in [-0.2, -0.15) is 5.26 Å². The second kappa shape index (κ2) is 3.35. The van der Waals surface area contributed by atoms with Gasteiger partial charge >= 0.3 is 0 Å². The highest BCUT2D eigenvalue weighted by atomic mass is 19.3. The van der Waals surface area contributed by atoms with Crippen molar-refractivity contribution in [3.63, 3.8) is 0 Å². The summed E-state index contributed by atoms with van der Waals surface area (Å²) in [4.78, 5) is 3.59. The van der Waals surface area contributed by atoms with Gasteiger partial charge in [0, 0.05) is 5.69 Å². The van der Waals surface area contributed by atoms with Crippen molar-refractivity contribution in [2.45, 2.75) is 13.3 Å².